The van der Waals surface area contributed by atoms with E-state index in [2.05, 4.69) is 30.3 Å². The monoisotopic (exact) mass is 300 g/mol. The topological polar surface area (TPSA) is 64.3 Å². The number of aromatic nitrogens is 2. The van der Waals surface area contributed by atoms with Gasteiger partial charge in [0.05, 0.1) is 5.75 Å². The van der Waals surface area contributed by atoms with Gasteiger partial charge in [0.2, 0.25) is 0 Å². The van der Waals surface area contributed by atoms with Crippen molar-refractivity contribution in [3.05, 3.63) is 11.9 Å². The van der Waals surface area contributed by atoms with Gasteiger partial charge in [-0.25, -0.2) is 4.98 Å². The van der Waals surface area contributed by atoms with Crippen molar-refractivity contribution in [2.24, 2.45) is 5.41 Å². The molecule has 0 aliphatic carbocycles. The Morgan fingerprint density at radius 1 is 1.55 bits per heavy atom. The van der Waals surface area contributed by atoms with Crippen molar-refractivity contribution < 1.29 is 14.6 Å². The van der Waals surface area contributed by atoms with E-state index in [1.807, 2.05) is 6.20 Å². The third kappa shape index (κ3) is 5.17. The van der Waals surface area contributed by atoms with Gasteiger partial charge in [-0.3, -0.25) is 4.79 Å². The summed E-state index contributed by atoms with van der Waals surface area (Å²) in [5.41, 5.74) is 1.22. The second kappa shape index (κ2) is 7.69. The van der Waals surface area contributed by atoms with Gasteiger partial charge in [0, 0.05) is 32.2 Å². The average molecular weight is 300 g/mol. The first kappa shape index (κ1) is 17.0. The first-order valence-corrected chi connectivity index (χ1v) is 7.76. The second-order valence-corrected chi connectivity index (χ2v) is 6.50. The van der Waals surface area contributed by atoms with E-state index in [1.54, 1.807) is 7.11 Å². The lowest BCUT2D eigenvalue weighted by Gasteiger charge is -2.26. The van der Waals surface area contributed by atoms with Gasteiger partial charge < -0.3 is 14.4 Å². The highest BCUT2D eigenvalue weighted by Crippen LogP contribution is 2.28. The maximum atomic E-state index is 10.7. The molecule has 5 nitrogen and oxygen atoms in total. The summed E-state index contributed by atoms with van der Waals surface area (Å²) in [6, 6.07) is 0. The maximum Gasteiger partial charge on any atom is 0.313 e. The molecule has 0 radical (unpaired) electrons. The van der Waals surface area contributed by atoms with Gasteiger partial charge in [0.1, 0.15) is 0 Å². The van der Waals surface area contributed by atoms with E-state index >= 15 is 0 Å². The predicted molar refractivity (Wildman–Crippen MR) is 80.2 cm³/mol. The first-order chi connectivity index (χ1) is 9.39. The fraction of sp³-hybridized carbons (Fsp3) is 0.714. The molecule has 0 fully saturated rings. The van der Waals surface area contributed by atoms with Crippen LogP contribution in [0.4, 0.5) is 0 Å². The molecule has 0 aromatic carbocycles. The lowest BCUT2D eigenvalue weighted by atomic mass is 9.89. The maximum absolute atomic E-state index is 10.7. The number of imidazole rings is 1. The molecule has 0 aliphatic heterocycles. The van der Waals surface area contributed by atoms with Gasteiger partial charge in [-0.15, -0.1) is 0 Å². The third-order valence-corrected chi connectivity index (χ3v) is 4.13. The number of hydrogen-bond acceptors (Lipinski definition) is 4. The molecule has 114 valence electrons. The van der Waals surface area contributed by atoms with Crippen LogP contribution in [0.2, 0.25) is 0 Å². The van der Waals surface area contributed by atoms with Crippen molar-refractivity contribution in [2.75, 3.05) is 19.5 Å². The Kier molecular flexibility index (Phi) is 6.55. The Hall–Kier alpha value is -1.01. The van der Waals surface area contributed by atoms with Crippen molar-refractivity contribution in [1.29, 1.82) is 0 Å². The number of aryl methyl sites for hydroxylation is 1. The van der Waals surface area contributed by atoms with Crippen molar-refractivity contribution in [1.82, 2.24) is 9.55 Å². The van der Waals surface area contributed by atoms with E-state index in [-0.39, 0.29) is 11.2 Å². The lowest BCUT2D eigenvalue weighted by Crippen LogP contribution is -2.23. The minimum Gasteiger partial charge on any atom is -0.481 e. The van der Waals surface area contributed by atoms with Crippen LogP contribution < -0.4 is 0 Å². The molecule has 0 bridgehead atoms. The number of rotatable bonds is 9. The van der Waals surface area contributed by atoms with Crippen LogP contribution in [0.3, 0.4) is 0 Å². The molecule has 0 saturated carbocycles. The average Bonchev–Trinajstić information content (AvgIpc) is 2.75. The summed E-state index contributed by atoms with van der Waals surface area (Å²) < 4.78 is 7.30. The van der Waals surface area contributed by atoms with E-state index in [0.717, 1.165) is 36.8 Å². The number of ether oxygens (including phenoxy) is 1. The Morgan fingerprint density at radius 3 is 2.80 bits per heavy atom. The standard InChI is InChI=1S/C14H24N2O3S/c1-5-11-8-15-13(20-9-12(17)18)16(11)10-14(2,3)6-7-19-4/h8H,5-7,9-10H2,1-4H3,(H,17,18). The van der Waals surface area contributed by atoms with Crippen LogP contribution in [0.1, 0.15) is 32.9 Å². The number of thioether (sulfide) groups is 1. The summed E-state index contributed by atoms with van der Waals surface area (Å²) in [5, 5.41) is 9.59. The lowest BCUT2D eigenvalue weighted by molar-refractivity contribution is -0.133. The van der Waals surface area contributed by atoms with E-state index in [1.165, 1.54) is 11.8 Å². The Bertz CT molecular complexity index is 444. The first-order valence-electron chi connectivity index (χ1n) is 6.77. The Morgan fingerprint density at radius 2 is 2.25 bits per heavy atom. The van der Waals surface area contributed by atoms with Gasteiger partial charge >= 0.3 is 5.97 Å². The van der Waals surface area contributed by atoms with Crippen LogP contribution in [0.15, 0.2) is 11.4 Å². The fourth-order valence-electron chi connectivity index (χ4n) is 1.97. The van der Waals surface area contributed by atoms with Crippen LogP contribution in [0.25, 0.3) is 0 Å². The Balaban J connectivity index is 2.84. The SMILES string of the molecule is CCc1cnc(SCC(=O)O)n1CC(C)(C)CCOC. The molecule has 0 unspecified atom stereocenters. The largest absolute Gasteiger partial charge is 0.481 e. The molecule has 0 aliphatic rings. The summed E-state index contributed by atoms with van der Waals surface area (Å²) >= 11 is 1.28. The van der Waals surface area contributed by atoms with Gasteiger partial charge in [0.25, 0.3) is 0 Å². The fourth-order valence-corrected chi connectivity index (χ4v) is 2.69. The molecule has 0 amide bonds. The summed E-state index contributed by atoms with van der Waals surface area (Å²) in [4.78, 5) is 15.1. The summed E-state index contributed by atoms with van der Waals surface area (Å²) in [6.07, 6.45) is 3.69. The van der Waals surface area contributed by atoms with Crippen molar-refractivity contribution in [3.63, 3.8) is 0 Å². The molecular weight excluding hydrogens is 276 g/mol. The van der Waals surface area contributed by atoms with E-state index in [9.17, 15) is 4.79 Å². The summed E-state index contributed by atoms with van der Waals surface area (Å²) in [7, 11) is 1.71. The highest BCUT2D eigenvalue weighted by Gasteiger charge is 2.22. The smallest absolute Gasteiger partial charge is 0.313 e. The van der Waals surface area contributed by atoms with Gasteiger partial charge in [-0.05, 0) is 18.3 Å². The zero-order chi connectivity index (χ0) is 15.2. The second-order valence-electron chi connectivity index (χ2n) is 5.56. The highest BCUT2D eigenvalue weighted by atomic mass is 32.2. The van der Waals surface area contributed by atoms with Gasteiger partial charge in [0.15, 0.2) is 5.16 Å². The van der Waals surface area contributed by atoms with Crippen molar-refractivity contribution in [2.45, 2.75) is 45.3 Å². The molecule has 1 aromatic heterocycles. The molecule has 20 heavy (non-hydrogen) atoms. The Labute approximate surface area is 124 Å². The van der Waals surface area contributed by atoms with Gasteiger partial charge in [-0.2, -0.15) is 0 Å². The zero-order valence-corrected chi connectivity index (χ0v) is 13.5. The van der Waals surface area contributed by atoms with Crippen LogP contribution in [0.5, 0.6) is 0 Å². The zero-order valence-electron chi connectivity index (χ0n) is 12.7. The minimum atomic E-state index is -0.818. The molecule has 0 spiro atoms. The van der Waals surface area contributed by atoms with Crippen molar-refractivity contribution >= 4 is 17.7 Å². The highest BCUT2D eigenvalue weighted by molar-refractivity contribution is 7.99. The molecular formula is C14H24N2O3S. The molecule has 6 heteroatoms. The quantitative estimate of drug-likeness (QED) is 0.710. The third-order valence-electron chi connectivity index (χ3n) is 3.16. The van der Waals surface area contributed by atoms with Crippen LogP contribution in [-0.2, 0) is 22.5 Å². The minimum absolute atomic E-state index is 0.0403. The molecule has 1 heterocycles. The molecule has 1 N–H and O–H groups in total. The summed E-state index contributed by atoms with van der Waals surface area (Å²) in [6.45, 7) is 8.01. The molecule has 1 rings (SSSR count). The number of carboxylic acid groups (broad SMARTS) is 1. The summed E-state index contributed by atoms with van der Waals surface area (Å²) in [5.74, 6) is -0.778. The van der Waals surface area contributed by atoms with E-state index in [0.29, 0.717) is 0 Å². The van der Waals surface area contributed by atoms with Crippen LogP contribution >= 0.6 is 11.8 Å². The number of aliphatic carboxylic acids is 1. The van der Waals surface area contributed by atoms with Crippen molar-refractivity contribution in [3.8, 4) is 0 Å². The number of methoxy groups -OCH3 is 1. The molecule has 1 aromatic rings. The van der Waals surface area contributed by atoms with Crippen LogP contribution in [-0.4, -0.2) is 40.1 Å². The number of carboxylic acids is 1. The van der Waals surface area contributed by atoms with Gasteiger partial charge in [-0.1, -0.05) is 32.5 Å². The normalized spacial score (nSPS) is 11.8. The number of carbonyl (C=O) groups is 1. The number of hydrogen-bond donors (Lipinski definition) is 1. The van der Waals surface area contributed by atoms with E-state index in [4.69, 9.17) is 9.84 Å². The molecule has 0 atom stereocenters. The number of nitrogens with zero attached hydrogens (tertiary/aromatic N) is 2. The predicted octanol–water partition coefficient (Wildman–Crippen LogP) is 2.68. The van der Waals surface area contributed by atoms with E-state index < -0.39 is 5.97 Å². The molecule has 0 saturated heterocycles. The van der Waals surface area contributed by atoms with Crippen LogP contribution in [0, 0.1) is 5.41 Å².